The lowest BCUT2D eigenvalue weighted by atomic mass is 10.1. The van der Waals surface area contributed by atoms with Gasteiger partial charge in [-0.3, -0.25) is 14.1 Å². The zero-order chi connectivity index (χ0) is 36.8. The lowest BCUT2D eigenvalue weighted by Crippen LogP contribution is -2.29. The van der Waals surface area contributed by atoms with Gasteiger partial charge in [-0.15, -0.1) is 0 Å². The predicted octanol–water partition coefficient (Wildman–Crippen LogP) is 11.3. The van der Waals surface area contributed by atoms with Crippen LogP contribution in [-0.4, -0.2) is 41.0 Å². The Balaban J connectivity index is 4.12. The predicted molar refractivity (Wildman–Crippen MR) is 207 cm³/mol. The van der Waals surface area contributed by atoms with Gasteiger partial charge in [-0.05, 0) is 70.6 Å². The van der Waals surface area contributed by atoms with Gasteiger partial charge in [-0.2, -0.15) is 0 Å². The zero-order valence-electron chi connectivity index (χ0n) is 31.0. The quantitative estimate of drug-likeness (QED) is 0.0298. The summed E-state index contributed by atoms with van der Waals surface area (Å²) >= 11 is 0. The molecule has 50 heavy (non-hydrogen) atoms. The number of carbonyl (C=O) groups excluding carboxylic acids is 2. The fourth-order valence-electron chi connectivity index (χ4n) is 4.65. The standard InChI is InChI=1S/C41H67O8P/c1-3-5-7-9-11-13-15-17-19-20-22-23-25-27-29-31-33-35-40(42)47-37-39(38-48-50(44,45)46)49-41(43)36-34-32-30-28-26-24-21-18-16-14-12-10-8-6-4-2/h6,8,11-14,17-19,21,26,28,32,34,39H,3-5,7,9-10,15-16,20,22-25,27,29-31,33,35-38H2,1-2H3,(H2,44,45,46)/b8-6-,13-11-,14-12-,19-17-,21-18-,28-26-,34-32-. The maximum absolute atomic E-state index is 12.3. The van der Waals surface area contributed by atoms with Crippen LogP contribution in [-0.2, 0) is 28.2 Å². The van der Waals surface area contributed by atoms with Crippen molar-refractivity contribution in [1.82, 2.24) is 0 Å². The average molecular weight is 719 g/mol. The number of phosphoric acid groups is 1. The lowest BCUT2D eigenvalue weighted by molar-refractivity contribution is -0.160. The van der Waals surface area contributed by atoms with Gasteiger partial charge >= 0.3 is 19.8 Å². The Kier molecular flexibility index (Phi) is 34.0. The molecule has 0 heterocycles. The van der Waals surface area contributed by atoms with Crippen molar-refractivity contribution in [1.29, 1.82) is 0 Å². The Morgan fingerprint density at radius 2 is 1.02 bits per heavy atom. The van der Waals surface area contributed by atoms with E-state index in [0.29, 0.717) is 12.8 Å². The minimum atomic E-state index is -4.78. The van der Waals surface area contributed by atoms with Crippen LogP contribution in [0.15, 0.2) is 85.1 Å². The molecule has 8 nitrogen and oxygen atoms in total. The molecule has 0 aliphatic heterocycles. The van der Waals surface area contributed by atoms with Crippen LogP contribution in [0.2, 0.25) is 0 Å². The summed E-state index contributed by atoms with van der Waals surface area (Å²) in [5, 5.41) is 0. The van der Waals surface area contributed by atoms with E-state index in [0.717, 1.165) is 57.8 Å². The number of allylic oxidation sites excluding steroid dienone is 13. The second-order valence-corrected chi connectivity index (χ2v) is 13.4. The summed E-state index contributed by atoms with van der Waals surface area (Å²) in [5.74, 6) is -1.05. The van der Waals surface area contributed by atoms with Crippen LogP contribution in [0.1, 0.15) is 142 Å². The molecule has 0 saturated carbocycles. The Morgan fingerprint density at radius 3 is 1.54 bits per heavy atom. The first-order valence-electron chi connectivity index (χ1n) is 18.9. The third-order valence-electron chi connectivity index (χ3n) is 7.43. The number of phosphoric ester groups is 1. The van der Waals surface area contributed by atoms with Crippen LogP contribution in [0.3, 0.4) is 0 Å². The largest absolute Gasteiger partial charge is 0.469 e. The molecule has 0 amide bonds. The van der Waals surface area contributed by atoms with E-state index in [9.17, 15) is 14.2 Å². The first kappa shape index (κ1) is 47.2. The van der Waals surface area contributed by atoms with E-state index < -0.39 is 32.5 Å². The molecule has 9 heteroatoms. The van der Waals surface area contributed by atoms with E-state index >= 15 is 0 Å². The molecule has 0 aromatic carbocycles. The van der Waals surface area contributed by atoms with Gasteiger partial charge in [0.15, 0.2) is 6.10 Å². The monoisotopic (exact) mass is 718 g/mol. The van der Waals surface area contributed by atoms with Crippen molar-refractivity contribution in [2.45, 2.75) is 148 Å². The minimum Gasteiger partial charge on any atom is -0.462 e. The van der Waals surface area contributed by atoms with Gasteiger partial charge in [0.25, 0.3) is 0 Å². The fraction of sp³-hybridized carbons (Fsp3) is 0.610. The van der Waals surface area contributed by atoms with E-state index in [4.69, 9.17) is 19.3 Å². The molecule has 284 valence electrons. The minimum absolute atomic E-state index is 0.0264. The lowest BCUT2D eigenvalue weighted by Gasteiger charge is -2.18. The summed E-state index contributed by atoms with van der Waals surface area (Å²) in [6, 6.07) is 0. The van der Waals surface area contributed by atoms with Gasteiger partial charge in [0.2, 0.25) is 0 Å². The van der Waals surface area contributed by atoms with Gasteiger partial charge in [0, 0.05) is 6.42 Å². The van der Waals surface area contributed by atoms with E-state index in [1.165, 1.54) is 44.9 Å². The summed E-state index contributed by atoms with van der Waals surface area (Å²) in [5.41, 5.74) is 0. The van der Waals surface area contributed by atoms with Crippen molar-refractivity contribution in [2.24, 2.45) is 0 Å². The highest BCUT2D eigenvalue weighted by atomic mass is 31.2. The van der Waals surface area contributed by atoms with Crippen LogP contribution in [0.4, 0.5) is 0 Å². The molecule has 0 fully saturated rings. The van der Waals surface area contributed by atoms with Gasteiger partial charge in [-0.1, -0.05) is 144 Å². The summed E-state index contributed by atoms with van der Waals surface area (Å²) in [4.78, 5) is 42.6. The molecule has 0 spiro atoms. The van der Waals surface area contributed by atoms with Crippen molar-refractivity contribution in [3.8, 4) is 0 Å². The second-order valence-electron chi connectivity index (χ2n) is 12.2. The third-order valence-corrected chi connectivity index (χ3v) is 7.92. The molecule has 0 radical (unpaired) electrons. The molecular weight excluding hydrogens is 651 g/mol. The SMILES string of the molecule is CC/C=C\C/C=C\C/C=C\C/C=C\C/C=C\CC(=O)OC(COC(=O)CCCCCCCCC/C=C\C/C=C\CCCCC)COP(=O)(O)O. The van der Waals surface area contributed by atoms with Crippen molar-refractivity contribution in [3.05, 3.63) is 85.1 Å². The number of ether oxygens (including phenoxy) is 2. The maximum Gasteiger partial charge on any atom is 0.469 e. The van der Waals surface area contributed by atoms with Crippen LogP contribution >= 0.6 is 7.82 Å². The smallest absolute Gasteiger partial charge is 0.462 e. The zero-order valence-corrected chi connectivity index (χ0v) is 31.9. The van der Waals surface area contributed by atoms with Gasteiger partial charge in [-0.25, -0.2) is 4.57 Å². The molecule has 0 aliphatic rings. The molecule has 0 saturated heterocycles. The Bertz CT molecular complexity index is 1080. The van der Waals surface area contributed by atoms with Crippen molar-refractivity contribution in [3.63, 3.8) is 0 Å². The van der Waals surface area contributed by atoms with Crippen LogP contribution in [0.25, 0.3) is 0 Å². The van der Waals surface area contributed by atoms with Gasteiger partial charge in [0.1, 0.15) is 6.61 Å². The Labute approximate surface area is 303 Å². The number of unbranched alkanes of at least 4 members (excludes halogenated alkanes) is 10. The number of rotatable bonds is 33. The fourth-order valence-corrected chi connectivity index (χ4v) is 5.01. The maximum atomic E-state index is 12.3. The van der Waals surface area contributed by atoms with Crippen molar-refractivity contribution >= 4 is 19.8 Å². The summed E-state index contributed by atoms with van der Waals surface area (Å²) < 4.78 is 26.2. The van der Waals surface area contributed by atoms with E-state index in [-0.39, 0.29) is 19.4 Å². The Hall–Kier alpha value is -2.77. The molecule has 1 unspecified atom stereocenters. The highest BCUT2D eigenvalue weighted by molar-refractivity contribution is 7.46. The number of hydrogen-bond acceptors (Lipinski definition) is 6. The van der Waals surface area contributed by atoms with Crippen LogP contribution < -0.4 is 0 Å². The topological polar surface area (TPSA) is 119 Å². The number of carbonyl (C=O) groups is 2. The molecule has 2 N–H and O–H groups in total. The molecule has 0 aliphatic carbocycles. The molecule has 0 aromatic heterocycles. The summed E-state index contributed by atoms with van der Waals surface area (Å²) in [6.07, 6.45) is 47.6. The molecule has 0 rings (SSSR count). The Morgan fingerprint density at radius 1 is 0.560 bits per heavy atom. The van der Waals surface area contributed by atoms with E-state index in [1.807, 2.05) is 18.2 Å². The van der Waals surface area contributed by atoms with Gasteiger partial charge < -0.3 is 19.3 Å². The normalized spacial score (nSPS) is 13.4. The molecule has 1 atom stereocenters. The highest BCUT2D eigenvalue weighted by Gasteiger charge is 2.22. The van der Waals surface area contributed by atoms with Crippen molar-refractivity contribution in [2.75, 3.05) is 13.2 Å². The molecule has 0 aromatic rings. The first-order chi connectivity index (χ1) is 24.3. The molecule has 0 bridgehead atoms. The summed E-state index contributed by atoms with van der Waals surface area (Å²) in [6.45, 7) is 3.43. The number of hydrogen-bond donors (Lipinski definition) is 2. The average Bonchev–Trinajstić information content (AvgIpc) is 3.08. The van der Waals surface area contributed by atoms with Crippen LogP contribution in [0.5, 0.6) is 0 Å². The highest BCUT2D eigenvalue weighted by Crippen LogP contribution is 2.35. The first-order valence-corrected chi connectivity index (χ1v) is 20.4. The third kappa shape index (κ3) is 38.0. The van der Waals surface area contributed by atoms with E-state index in [2.05, 4.69) is 79.1 Å². The summed E-state index contributed by atoms with van der Waals surface area (Å²) in [7, 11) is -4.78. The second kappa shape index (κ2) is 36.0. The van der Waals surface area contributed by atoms with Crippen LogP contribution in [0, 0.1) is 0 Å². The van der Waals surface area contributed by atoms with Crippen molar-refractivity contribution < 1.29 is 37.9 Å². The van der Waals surface area contributed by atoms with E-state index in [1.54, 1.807) is 6.08 Å². The molecular formula is C41H67O8P. The number of esters is 2. The van der Waals surface area contributed by atoms with Gasteiger partial charge in [0.05, 0.1) is 13.0 Å².